The first-order valence-corrected chi connectivity index (χ1v) is 7.29. The van der Waals surface area contributed by atoms with Gasteiger partial charge < -0.3 is 0 Å². The summed E-state index contributed by atoms with van der Waals surface area (Å²) in [5.74, 6) is 0. The summed E-state index contributed by atoms with van der Waals surface area (Å²) in [6, 6.07) is 21.7. The van der Waals surface area contributed by atoms with Crippen molar-refractivity contribution < 1.29 is 0 Å². The van der Waals surface area contributed by atoms with Gasteiger partial charge in [-0.2, -0.15) is 0 Å². The lowest BCUT2D eigenvalue weighted by molar-refractivity contribution is 1.19. The Labute approximate surface area is 122 Å². The number of fused-ring (bicyclic) bond motifs is 4. The molecule has 1 nitrogen and oxygen atoms in total. The van der Waals surface area contributed by atoms with Crippen molar-refractivity contribution in [2.75, 3.05) is 0 Å². The van der Waals surface area contributed by atoms with E-state index in [2.05, 4.69) is 65.6 Å². The van der Waals surface area contributed by atoms with Crippen LogP contribution in [0.5, 0.6) is 0 Å². The van der Waals surface area contributed by atoms with E-state index in [1.807, 2.05) is 6.20 Å². The van der Waals surface area contributed by atoms with Gasteiger partial charge in [0.15, 0.2) is 0 Å². The first-order chi connectivity index (χ1) is 10.4. The van der Waals surface area contributed by atoms with Crippen molar-refractivity contribution in [2.24, 2.45) is 0 Å². The second-order valence-corrected chi connectivity index (χ2v) is 5.67. The minimum atomic E-state index is 0.993. The lowest BCUT2D eigenvalue weighted by Gasteiger charge is -2.21. The molecule has 1 aromatic heterocycles. The molecule has 0 spiro atoms. The molecule has 0 fully saturated rings. The van der Waals surface area contributed by atoms with E-state index in [9.17, 15) is 0 Å². The van der Waals surface area contributed by atoms with Gasteiger partial charge in [0, 0.05) is 17.1 Å². The number of nitrogens with zero attached hydrogens (tertiary/aromatic N) is 1. The summed E-state index contributed by atoms with van der Waals surface area (Å²) in [4.78, 5) is 4.69. The van der Waals surface area contributed by atoms with E-state index in [-0.39, 0.29) is 0 Å². The standard InChI is InChI=1S/C20H13N/c1-3-7-16-13(5-1)11-15-9-10-21-20-17-8-4-2-6-14(17)12-18(16)19(15)20/h1-11H,12H2. The average molecular weight is 267 g/mol. The van der Waals surface area contributed by atoms with Crippen molar-refractivity contribution in [3.05, 3.63) is 78.0 Å². The summed E-state index contributed by atoms with van der Waals surface area (Å²) in [6.07, 6.45) is 2.92. The van der Waals surface area contributed by atoms with Crippen LogP contribution in [0.3, 0.4) is 0 Å². The fraction of sp³-hybridized carbons (Fsp3) is 0.0500. The largest absolute Gasteiger partial charge is 0.256 e. The van der Waals surface area contributed by atoms with E-state index >= 15 is 0 Å². The third-order valence-corrected chi connectivity index (χ3v) is 4.52. The maximum Gasteiger partial charge on any atom is 0.0786 e. The molecule has 0 radical (unpaired) electrons. The molecular weight excluding hydrogens is 254 g/mol. The van der Waals surface area contributed by atoms with Crippen LogP contribution in [0.25, 0.3) is 32.8 Å². The summed E-state index contributed by atoms with van der Waals surface area (Å²) in [5, 5.41) is 5.29. The molecule has 0 N–H and O–H groups in total. The molecule has 0 saturated carbocycles. The first kappa shape index (κ1) is 11.0. The number of rotatable bonds is 0. The Morgan fingerprint density at radius 3 is 2.67 bits per heavy atom. The smallest absolute Gasteiger partial charge is 0.0786 e. The highest BCUT2D eigenvalue weighted by atomic mass is 14.7. The highest BCUT2D eigenvalue weighted by Gasteiger charge is 2.20. The van der Waals surface area contributed by atoms with Gasteiger partial charge in [0.25, 0.3) is 0 Å². The molecule has 5 rings (SSSR count). The van der Waals surface area contributed by atoms with Gasteiger partial charge in [-0.15, -0.1) is 0 Å². The van der Waals surface area contributed by atoms with Crippen molar-refractivity contribution in [3.8, 4) is 11.3 Å². The molecule has 4 aromatic rings. The topological polar surface area (TPSA) is 12.9 Å². The Morgan fingerprint density at radius 2 is 1.67 bits per heavy atom. The second-order valence-electron chi connectivity index (χ2n) is 5.67. The second kappa shape index (κ2) is 3.92. The van der Waals surface area contributed by atoms with Gasteiger partial charge in [-0.05, 0) is 45.8 Å². The first-order valence-electron chi connectivity index (χ1n) is 7.29. The van der Waals surface area contributed by atoms with Crippen LogP contribution in [0.15, 0.2) is 66.9 Å². The fourth-order valence-corrected chi connectivity index (χ4v) is 3.60. The van der Waals surface area contributed by atoms with Crippen molar-refractivity contribution in [1.82, 2.24) is 4.98 Å². The monoisotopic (exact) mass is 267 g/mol. The number of hydrogen-bond acceptors (Lipinski definition) is 1. The normalized spacial score (nSPS) is 12.6. The van der Waals surface area contributed by atoms with Crippen LogP contribution >= 0.6 is 0 Å². The third-order valence-electron chi connectivity index (χ3n) is 4.52. The zero-order chi connectivity index (χ0) is 13.8. The molecule has 1 aliphatic carbocycles. The molecule has 0 atom stereocenters. The van der Waals surface area contributed by atoms with Gasteiger partial charge in [-0.25, -0.2) is 0 Å². The van der Waals surface area contributed by atoms with Gasteiger partial charge in [0.2, 0.25) is 0 Å². The van der Waals surface area contributed by atoms with Crippen molar-refractivity contribution in [2.45, 2.75) is 6.42 Å². The van der Waals surface area contributed by atoms with Gasteiger partial charge >= 0.3 is 0 Å². The molecule has 1 heterocycles. The minimum absolute atomic E-state index is 0.993. The van der Waals surface area contributed by atoms with Gasteiger partial charge in [-0.3, -0.25) is 4.98 Å². The summed E-state index contributed by atoms with van der Waals surface area (Å²) in [5.41, 5.74) is 5.22. The molecule has 0 amide bonds. The van der Waals surface area contributed by atoms with E-state index in [0.29, 0.717) is 0 Å². The zero-order valence-corrected chi connectivity index (χ0v) is 11.5. The van der Waals surface area contributed by atoms with Gasteiger partial charge in [0.05, 0.1) is 5.69 Å². The van der Waals surface area contributed by atoms with Crippen LogP contribution in [0, 0.1) is 0 Å². The molecular formula is C20H13N. The van der Waals surface area contributed by atoms with Crippen LogP contribution < -0.4 is 0 Å². The van der Waals surface area contributed by atoms with Crippen LogP contribution in [0.4, 0.5) is 0 Å². The fourth-order valence-electron chi connectivity index (χ4n) is 3.60. The van der Waals surface area contributed by atoms with Crippen LogP contribution in [0.1, 0.15) is 11.1 Å². The summed E-state index contributed by atoms with van der Waals surface area (Å²) >= 11 is 0. The number of pyridine rings is 1. The molecule has 0 bridgehead atoms. The van der Waals surface area contributed by atoms with Crippen molar-refractivity contribution in [3.63, 3.8) is 0 Å². The summed E-state index contributed by atoms with van der Waals surface area (Å²) in [6.45, 7) is 0. The van der Waals surface area contributed by atoms with Crippen molar-refractivity contribution >= 4 is 21.5 Å². The molecule has 3 aromatic carbocycles. The predicted molar refractivity (Wildman–Crippen MR) is 87.5 cm³/mol. The number of benzene rings is 3. The Bertz CT molecular complexity index is 1010. The summed E-state index contributed by atoms with van der Waals surface area (Å²) in [7, 11) is 0. The Morgan fingerprint density at radius 1 is 0.810 bits per heavy atom. The molecule has 0 aliphatic heterocycles. The van der Waals surface area contributed by atoms with Crippen LogP contribution in [-0.4, -0.2) is 4.98 Å². The Hall–Kier alpha value is -2.67. The molecule has 0 saturated heterocycles. The predicted octanol–water partition coefficient (Wildman–Crippen LogP) is 4.96. The quantitative estimate of drug-likeness (QED) is 0.361. The highest BCUT2D eigenvalue weighted by Crippen LogP contribution is 2.41. The van der Waals surface area contributed by atoms with Crippen molar-refractivity contribution in [1.29, 1.82) is 0 Å². The average Bonchev–Trinajstić information content (AvgIpc) is 2.55. The lowest BCUT2D eigenvalue weighted by Crippen LogP contribution is -2.03. The Kier molecular flexibility index (Phi) is 2.06. The van der Waals surface area contributed by atoms with E-state index < -0.39 is 0 Å². The molecule has 1 heteroatoms. The SMILES string of the molecule is c1ccc2c(c1)Cc1c3ccccc3cc3ccnc-2c13. The van der Waals surface area contributed by atoms with E-state index in [4.69, 9.17) is 0 Å². The van der Waals surface area contributed by atoms with Gasteiger partial charge in [-0.1, -0.05) is 48.5 Å². The van der Waals surface area contributed by atoms with Crippen LogP contribution in [0.2, 0.25) is 0 Å². The maximum atomic E-state index is 4.69. The molecule has 0 unspecified atom stereocenters. The number of aromatic nitrogens is 1. The van der Waals surface area contributed by atoms with E-state index in [1.54, 1.807) is 0 Å². The Balaban J connectivity index is 2.05. The molecule has 98 valence electrons. The minimum Gasteiger partial charge on any atom is -0.256 e. The zero-order valence-electron chi connectivity index (χ0n) is 11.5. The van der Waals surface area contributed by atoms with Crippen LogP contribution in [-0.2, 0) is 6.42 Å². The highest BCUT2D eigenvalue weighted by molar-refractivity contribution is 6.09. The van der Waals surface area contributed by atoms with E-state index in [1.165, 1.54) is 38.2 Å². The molecule has 1 aliphatic rings. The summed E-state index contributed by atoms with van der Waals surface area (Å²) < 4.78 is 0. The number of hydrogen-bond donors (Lipinski definition) is 0. The molecule has 21 heavy (non-hydrogen) atoms. The van der Waals surface area contributed by atoms with Gasteiger partial charge in [0.1, 0.15) is 0 Å². The third kappa shape index (κ3) is 1.43. The maximum absolute atomic E-state index is 4.69. The lowest BCUT2D eigenvalue weighted by atomic mass is 9.84. The van der Waals surface area contributed by atoms with E-state index in [0.717, 1.165) is 12.1 Å².